The molecule has 104 valence electrons. The van der Waals surface area contributed by atoms with Gasteiger partial charge in [-0.05, 0) is 6.92 Å². The minimum absolute atomic E-state index is 0.189. The molecule has 1 rings (SSSR count). The highest BCUT2D eigenvalue weighted by molar-refractivity contribution is 5.83. The van der Waals surface area contributed by atoms with E-state index in [1.807, 2.05) is 0 Å². The molecule has 2 amide bonds. The molecule has 1 heterocycles. The number of rotatable bonds is 4. The number of nitrogens with one attached hydrogen (secondary N) is 1. The maximum atomic E-state index is 11.8. The van der Waals surface area contributed by atoms with Crippen molar-refractivity contribution in [3.8, 4) is 0 Å². The highest BCUT2D eigenvalue weighted by atomic mass is 16.5. The summed E-state index contributed by atoms with van der Waals surface area (Å²) < 4.78 is 5.17. The minimum atomic E-state index is -1.35. The summed E-state index contributed by atoms with van der Waals surface area (Å²) >= 11 is 0. The molecule has 0 spiro atoms. The first-order chi connectivity index (χ1) is 8.45. The van der Waals surface area contributed by atoms with Crippen molar-refractivity contribution in [2.24, 2.45) is 0 Å². The SMILES string of the molecule is C[C@@H](O)[C@H](NC(=O)N1CCOC(CO)C1)C(=O)O. The summed E-state index contributed by atoms with van der Waals surface area (Å²) in [7, 11) is 0. The van der Waals surface area contributed by atoms with Crippen LogP contribution in [0.1, 0.15) is 6.92 Å². The summed E-state index contributed by atoms with van der Waals surface area (Å²) in [6, 6.07) is -1.95. The fraction of sp³-hybridized carbons (Fsp3) is 0.800. The zero-order chi connectivity index (χ0) is 13.7. The molecule has 3 atom stereocenters. The van der Waals surface area contributed by atoms with Crippen LogP contribution in [-0.2, 0) is 9.53 Å². The van der Waals surface area contributed by atoms with Gasteiger partial charge in [0, 0.05) is 6.54 Å². The number of aliphatic hydroxyl groups is 2. The molecule has 0 radical (unpaired) electrons. The second-order valence-corrected chi connectivity index (χ2v) is 4.13. The van der Waals surface area contributed by atoms with Gasteiger partial charge in [0.1, 0.15) is 0 Å². The Kier molecular flexibility index (Phi) is 5.32. The van der Waals surface area contributed by atoms with Crippen LogP contribution in [0.5, 0.6) is 0 Å². The molecule has 1 aliphatic heterocycles. The third-order valence-corrected chi connectivity index (χ3v) is 2.66. The number of hydrogen-bond donors (Lipinski definition) is 4. The predicted octanol–water partition coefficient (Wildman–Crippen LogP) is -1.78. The van der Waals surface area contributed by atoms with Crippen LogP contribution in [0.4, 0.5) is 4.79 Å². The molecule has 0 aromatic heterocycles. The molecular formula is C10H18N2O6. The van der Waals surface area contributed by atoms with Gasteiger partial charge in [0.2, 0.25) is 0 Å². The van der Waals surface area contributed by atoms with Gasteiger partial charge in [-0.3, -0.25) is 0 Å². The predicted molar refractivity (Wildman–Crippen MR) is 60.0 cm³/mol. The third-order valence-electron chi connectivity index (χ3n) is 2.66. The Labute approximate surface area is 104 Å². The van der Waals surface area contributed by atoms with E-state index < -0.39 is 30.3 Å². The second-order valence-electron chi connectivity index (χ2n) is 4.13. The lowest BCUT2D eigenvalue weighted by Gasteiger charge is -2.33. The number of carboxylic acid groups (broad SMARTS) is 1. The number of carbonyl (C=O) groups is 2. The van der Waals surface area contributed by atoms with Crippen LogP contribution >= 0.6 is 0 Å². The zero-order valence-corrected chi connectivity index (χ0v) is 10.1. The largest absolute Gasteiger partial charge is 0.480 e. The van der Waals surface area contributed by atoms with Gasteiger partial charge in [0.25, 0.3) is 0 Å². The van der Waals surface area contributed by atoms with Gasteiger partial charge in [-0.25, -0.2) is 9.59 Å². The van der Waals surface area contributed by atoms with E-state index in [-0.39, 0.29) is 19.8 Å². The molecule has 8 nitrogen and oxygen atoms in total. The van der Waals surface area contributed by atoms with Crippen LogP contribution in [0.2, 0.25) is 0 Å². The van der Waals surface area contributed by atoms with Crippen LogP contribution in [0.3, 0.4) is 0 Å². The number of aliphatic hydroxyl groups excluding tert-OH is 2. The first kappa shape index (κ1) is 14.7. The molecule has 1 saturated heterocycles. The normalized spacial score (nSPS) is 23.3. The van der Waals surface area contributed by atoms with Gasteiger partial charge in [0.15, 0.2) is 6.04 Å². The van der Waals surface area contributed by atoms with Crippen molar-refractivity contribution in [2.75, 3.05) is 26.3 Å². The van der Waals surface area contributed by atoms with E-state index in [1.165, 1.54) is 11.8 Å². The molecule has 1 aliphatic rings. The highest BCUT2D eigenvalue weighted by Gasteiger charge is 2.29. The van der Waals surface area contributed by atoms with E-state index in [4.69, 9.17) is 14.9 Å². The van der Waals surface area contributed by atoms with Crippen molar-refractivity contribution in [1.82, 2.24) is 10.2 Å². The molecule has 0 saturated carbocycles. The number of amides is 2. The Hall–Kier alpha value is -1.38. The Morgan fingerprint density at radius 2 is 2.22 bits per heavy atom. The van der Waals surface area contributed by atoms with Gasteiger partial charge in [0.05, 0.1) is 32.0 Å². The average molecular weight is 262 g/mol. The summed E-state index contributed by atoms with van der Waals surface area (Å²) in [6.07, 6.45) is -1.65. The number of ether oxygens (including phenoxy) is 1. The standard InChI is InChI=1S/C10H18N2O6/c1-6(14)8(9(15)16)11-10(17)12-2-3-18-7(4-12)5-13/h6-8,13-14H,2-5H2,1H3,(H,11,17)(H,15,16)/t6-,7?,8+/m1/s1. The minimum Gasteiger partial charge on any atom is -0.480 e. The van der Waals surface area contributed by atoms with Crippen LogP contribution in [0.15, 0.2) is 0 Å². The molecule has 18 heavy (non-hydrogen) atoms. The number of carbonyl (C=O) groups excluding carboxylic acids is 1. The Morgan fingerprint density at radius 1 is 1.56 bits per heavy atom. The Bertz CT molecular complexity index is 309. The van der Waals surface area contributed by atoms with Crippen molar-refractivity contribution in [3.05, 3.63) is 0 Å². The van der Waals surface area contributed by atoms with Crippen molar-refractivity contribution in [1.29, 1.82) is 0 Å². The molecule has 0 bridgehead atoms. The molecule has 0 aromatic carbocycles. The number of morpholine rings is 1. The van der Waals surface area contributed by atoms with Crippen LogP contribution in [0.25, 0.3) is 0 Å². The molecule has 1 fully saturated rings. The zero-order valence-electron chi connectivity index (χ0n) is 10.1. The molecule has 8 heteroatoms. The number of aliphatic carboxylic acids is 1. The summed E-state index contributed by atoms with van der Waals surface area (Å²) in [6.45, 7) is 1.87. The first-order valence-corrected chi connectivity index (χ1v) is 5.64. The van der Waals surface area contributed by atoms with Crippen molar-refractivity contribution < 1.29 is 29.6 Å². The van der Waals surface area contributed by atoms with Gasteiger partial charge < -0.3 is 30.3 Å². The summed E-state index contributed by atoms with van der Waals surface area (Å²) in [5.74, 6) is -1.30. The second kappa shape index (κ2) is 6.53. The van der Waals surface area contributed by atoms with Crippen molar-refractivity contribution in [3.63, 3.8) is 0 Å². The Balaban J connectivity index is 2.55. The summed E-state index contributed by atoms with van der Waals surface area (Å²) in [5.41, 5.74) is 0. The maximum Gasteiger partial charge on any atom is 0.328 e. The van der Waals surface area contributed by atoms with E-state index in [2.05, 4.69) is 5.32 Å². The Morgan fingerprint density at radius 3 is 2.72 bits per heavy atom. The molecular weight excluding hydrogens is 244 g/mol. The maximum absolute atomic E-state index is 11.8. The van der Waals surface area contributed by atoms with Gasteiger partial charge in [-0.1, -0.05) is 0 Å². The molecule has 1 unspecified atom stereocenters. The van der Waals surface area contributed by atoms with Gasteiger partial charge in [-0.15, -0.1) is 0 Å². The quantitative estimate of drug-likeness (QED) is 0.475. The van der Waals surface area contributed by atoms with E-state index in [0.29, 0.717) is 6.54 Å². The number of hydrogen-bond acceptors (Lipinski definition) is 5. The molecule has 0 aliphatic carbocycles. The van der Waals surface area contributed by atoms with E-state index in [9.17, 15) is 14.7 Å². The lowest BCUT2D eigenvalue weighted by Crippen LogP contribution is -2.56. The summed E-state index contributed by atoms with van der Waals surface area (Å²) in [5, 5.41) is 29.2. The molecule has 4 N–H and O–H groups in total. The van der Waals surface area contributed by atoms with Crippen LogP contribution < -0.4 is 5.32 Å². The smallest absolute Gasteiger partial charge is 0.328 e. The number of nitrogens with zero attached hydrogens (tertiary/aromatic N) is 1. The first-order valence-electron chi connectivity index (χ1n) is 5.64. The van der Waals surface area contributed by atoms with Crippen molar-refractivity contribution >= 4 is 12.0 Å². The highest BCUT2D eigenvalue weighted by Crippen LogP contribution is 2.05. The van der Waals surface area contributed by atoms with Gasteiger partial charge in [-0.2, -0.15) is 0 Å². The lowest BCUT2D eigenvalue weighted by atomic mass is 10.2. The van der Waals surface area contributed by atoms with E-state index in [0.717, 1.165) is 0 Å². The summed E-state index contributed by atoms with van der Waals surface area (Å²) in [4.78, 5) is 24.0. The average Bonchev–Trinajstić information content (AvgIpc) is 2.34. The van der Waals surface area contributed by atoms with Crippen molar-refractivity contribution in [2.45, 2.75) is 25.2 Å². The monoisotopic (exact) mass is 262 g/mol. The topological polar surface area (TPSA) is 119 Å². The lowest BCUT2D eigenvalue weighted by molar-refractivity contribution is -0.141. The number of urea groups is 1. The fourth-order valence-corrected chi connectivity index (χ4v) is 1.63. The fourth-order valence-electron chi connectivity index (χ4n) is 1.63. The van der Waals surface area contributed by atoms with E-state index in [1.54, 1.807) is 0 Å². The molecule has 0 aromatic rings. The van der Waals surface area contributed by atoms with Crippen LogP contribution in [0, 0.1) is 0 Å². The third kappa shape index (κ3) is 3.83. The van der Waals surface area contributed by atoms with Gasteiger partial charge >= 0.3 is 12.0 Å². The number of carboxylic acids is 1. The van der Waals surface area contributed by atoms with Crippen LogP contribution in [-0.4, -0.2) is 76.8 Å². The van der Waals surface area contributed by atoms with E-state index >= 15 is 0 Å².